The second-order valence-electron chi connectivity index (χ2n) is 2.50. The Morgan fingerprint density at radius 1 is 1.69 bits per heavy atom. The molecule has 0 saturated carbocycles. The fourth-order valence-electron chi connectivity index (χ4n) is 1.12. The maximum Gasteiger partial charge on any atom is 1.00 e. The van der Waals surface area contributed by atoms with Crippen molar-refractivity contribution < 1.29 is 34.9 Å². The number of nitrogens with zero attached hydrogens (tertiary/aromatic N) is 1. The van der Waals surface area contributed by atoms with Gasteiger partial charge in [0.05, 0.1) is 23.8 Å². The predicted molar refractivity (Wildman–Crippen MR) is 43.5 cm³/mol. The molecule has 1 aromatic heterocycles. The molecule has 0 amide bonds. The molecular formula is C7H8LiNO3S. The summed E-state index contributed by atoms with van der Waals surface area (Å²) >= 11 is 1.21. The molecule has 0 aromatic carbocycles. The summed E-state index contributed by atoms with van der Waals surface area (Å²) in [6.45, 7) is 1.16. The summed E-state index contributed by atoms with van der Waals surface area (Å²) < 4.78 is 5.17. The Labute approximate surface area is 92.6 Å². The topological polar surface area (TPSA) is 59.4 Å². The summed E-state index contributed by atoms with van der Waals surface area (Å²) in [6, 6.07) is 0. The molecule has 0 aliphatic carbocycles. The maximum atomic E-state index is 10.5. The molecular weight excluding hydrogens is 185 g/mol. The molecule has 6 heteroatoms. The van der Waals surface area contributed by atoms with E-state index in [0.29, 0.717) is 13.2 Å². The number of hydrogen-bond donors (Lipinski definition) is 1. The molecule has 1 N–H and O–H groups in total. The Morgan fingerprint density at radius 3 is 3.08 bits per heavy atom. The van der Waals surface area contributed by atoms with Crippen molar-refractivity contribution in [1.29, 1.82) is 0 Å². The minimum Gasteiger partial charge on any atom is -1.00 e. The third-order valence-corrected chi connectivity index (χ3v) is 2.74. The van der Waals surface area contributed by atoms with Gasteiger partial charge in [-0.1, -0.05) is 0 Å². The van der Waals surface area contributed by atoms with Crippen LogP contribution in [0.2, 0.25) is 0 Å². The quantitative estimate of drug-likeness (QED) is 0.526. The zero-order chi connectivity index (χ0) is 8.55. The molecule has 1 aromatic rings. The van der Waals surface area contributed by atoms with E-state index in [4.69, 9.17) is 9.84 Å². The molecule has 66 valence electrons. The SMILES string of the molecule is O=C(O)c1nc2c(s1)COCC2.[H-].[Li+]. The van der Waals surface area contributed by atoms with Gasteiger partial charge >= 0.3 is 24.8 Å². The van der Waals surface area contributed by atoms with Gasteiger partial charge in [0.15, 0.2) is 0 Å². The second-order valence-corrected chi connectivity index (χ2v) is 3.58. The number of carboxylic acid groups (broad SMARTS) is 1. The Morgan fingerprint density at radius 2 is 2.46 bits per heavy atom. The zero-order valence-electron chi connectivity index (χ0n) is 8.24. The molecule has 2 heterocycles. The average molecular weight is 193 g/mol. The normalized spacial score (nSPS) is 14.5. The van der Waals surface area contributed by atoms with Crippen LogP contribution in [0.5, 0.6) is 0 Å². The standard InChI is InChI=1S/C7H7NO3S.Li.H/c9-7(10)6-8-4-1-2-11-3-5(4)12-6;;/h1-3H2,(H,9,10);;/q;+1;-1. The van der Waals surface area contributed by atoms with Gasteiger partial charge in [-0.15, -0.1) is 11.3 Å². The number of hydrogen-bond acceptors (Lipinski definition) is 4. The molecule has 0 saturated heterocycles. The first-order chi connectivity index (χ1) is 5.77. The van der Waals surface area contributed by atoms with E-state index in [1.807, 2.05) is 0 Å². The second kappa shape index (κ2) is 4.25. The first-order valence-corrected chi connectivity index (χ1v) is 4.38. The van der Waals surface area contributed by atoms with Crippen LogP contribution in [-0.2, 0) is 17.8 Å². The van der Waals surface area contributed by atoms with Crippen molar-refractivity contribution in [3.63, 3.8) is 0 Å². The number of carbonyl (C=O) groups is 1. The smallest absolute Gasteiger partial charge is 1.00 e. The van der Waals surface area contributed by atoms with E-state index >= 15 is 0 Å². The van der Waals surface area contributed by atoms with Gasteiger partial charge in [-0.3, -0.25) is 0 Å². The minimum atomic E-state index is -0.950. The number of fused-ring (bicyclic) bond motifs is 1. The van der Waals surface area contributed by atoms with Gasteiger partial charge in [-0.25, -0.2) is 9.78 Å². The van der Waals surface area contributed by atoms with Crippen LogP contribution >= 0.6 is 11.3 Å². The van der Waals surface area contributed by atoms with Crippen LogP contribution in [0.3, 0.4) is 0 Å². The summed E-state index contributed by atoms with van der Waals surface area (Å²) in [4.78, 5) is 15.5. The molecule has 4 nitrogen and oxygen atoms in total. The molecule has 0 unspecified atom stereocenters. The maximum absolute atomic E-state index is 10.5. The summed E-state index contributed by atoms with van der Waals surface area (Å²) in [5.41, 5.74) is 0.892. The molecule has 13 heavy (non-hydrogen) atoms. The predicted octanol–water partition coefficient (Wildman–Crippen LogP) is -1.97. The number of aromatic carboxylic acids is 1. The summed E-state index contributed by atoms with van der Waals surface area (Å²) in [5.74, 6) is -0.950. The Kier molecular flexibility index (Phi) is 3.51. The van der Waals surface area contributed by atoms with Crippen molar-refractivity contribution in [3.05, 3.63) is 15.6 Å². The molecule has 0 bridgehead atoms. The van der Waals surface area contributed by atoms with Crippen LogP contribution in [0.1, 0.15) is 21.8 Å². The number of thiazole rings is 1. The fourth-order valence-corrected chi connectivity index (χ4v) is 2.00. The van der Waals surface area contributed by atoms with E-state index in [2.05, 4.69) is 4.98 Å². The fraction of sp³-hybridized carbons (Fsp3) is 0.429. The van der Waals surface area contributed by atoms with E-state index in [9.17, 15) is 4.79 Å². The Balaban J connectivity index is 0.000000845. The van der Waals surface area contributed by atoms with Crippen molar-refractivity contribution in [2.75, 3.05) is 6.61 Å². The largest absolute Gasteiger partial charge is 1.00 e. The molecule has 0 radical (unpaired) electrons. The summed E-state index contributed by atoms with van der Waals surface area (Å²) in [6.07, 6.45) is 0.735. The van der Waals surface area contributed by atoms with Gasteiger partial charge < -0.3 is 11.3 Å². The number of carboxylic acids is 1. The van der Waals surface area contributed by atoms with Gasteiger partial charge in [0, 0.05) is 6.42 Å². The van der Waals surface area contributed by atoms with E-state index in [-0.39, 0.29) is 25.3 Å². The Bertz CT molecular complexity index is 307. The molecule has 1 aliphatic rings. The zero-order valence-corrected chi connectivity index (χ0v) is 8.06. The van der Waals surface area contributed by atoms with E-state index in [1.54, 1.807) is 0 Å². The molecule has 1 aliphatic heterocycles. The molecule has 0 spiro atoms. The van der Waals surface area contributed by atoms with E-state index < -0.39 is 5.97 Å². The summed E-state index contributed by atoms with van der Waals surface area (Å²) in [5, 5.41) is 8.81. The van der Waals surface area contributed by atoms with Gasteiger partial charge in [-0.05, 0) is 0 Å². The van der Waals surface area contributed by atoms with Gasteiger partial charge in [0.2, 0.25) is 5.01 Å². The van der Waals surface area contributed by atoms with Gasteiger partial charge in [0.25, 0.3) is 0 Å². The monoisotopic (exact) mass is 193 g/mol. The van der Waals surface area contributed by atoms with Gasteiger partial charge in [-0.2, -0.15) is 0 Å². The molecule has 0 atom stereocenters. The number of aromatic nitrogens is 1. The number of rotatable bonds is 1. The molecule has 0 fully saturated rings. The summed E-state index contributed by atoms with van der Waals surface area (Å²) in [7, 11) is 0. The van der Waals surface area contributed by atoms with Crippen LogP contribution in [-0.4, -0.2) is 22.7 Å². The third kappa shape index (κ3) is 2.12. The van der Waals surface area contributed by atoms with Crippen molar-refractivity contribution >= 4 is 17.3 Å². The van der Waals surface area contributed by atoms with Crippen LogP contribution in [0.25, 0.3) is 0 Å². The Hall–Kier alpha value is -0.343. The van der Waals surface area contributed by atoms with Crippen LogP contribution in [0.15, 0.2) is 0 Å². The third-order valence-electron chi connectivity index (χ3n) is 1.68. The van der Waals surface area contributed by atoms with Crippen molar-refractivity contribution in [3.8, 4) is 0 Å². The van der Waals surface area contributed by atoms with Crippen molar-refractivity contribution in [2.45, 2.75) is 13.0 Å². The van der Waals surface area contributed by atoms with Crippen molar-refractivity contribution in [1.82, 2.24) is 4.98 Å². The molecule has 2 rings (SSSR count). The van der Waals surface area contributed by atoms with E-state index in [1.165, 1.54) is 11.3 Å². The van der Waals surface area contributed by atoms with Gasteiger partial charge in [0.1, 0.15) is 0 Å². The van der Waals surface area contributed by atoms with Crippen molar-refractivity contribution in [2.24, 2.45) is 0 Å². The first-order valence-electron chi connectivity index (χ1n) is 3.57. The van der Waals surface area contributed by atoms with Crippen LogP contribution in [0.4, 0.5) is 0 Å². The van der Waals surface area contributed by atoms with E-state index in [0.717, 1.165) is 17.0 Å². The average Bonchev–Trinajstić information content (AvgIpc) is 2.46. The number of ether oxygens (including phenoxy) is 1. The van der Waals surface area contributed by atoms with Crippen LogP contribution < -0.4 is 18.9 Å². The first kappa shape index (κ1) is 10.7. The van der Waals surface area contributed by atoms with Crippen LogP contribution in [0, 0.1) is 0 Å². The minimum absolute atomic E-state index is 0.